The fourth-order valence-corrected chi connectivity index (χ4v) is 1.98. The van der Waals surface area contributed by atoms with E-state index in [2.05, 4.69) is 37.3 Å². The summed E-state index contributed by atoms with van der Waals surface area (Å²) in [4.78, 5) is 2.68. The highest BCUT2D eigenvalue weighted by Crippen LogP contribution is 2.28. The summed E-state index contributed by atoms with van der Waals surface area (Å²) in [5, 5.41) is 15.8. The molecule has 0 saturated heterocycles. The Morgan fingerprint density at radius 2 is 2.42 bits per heavy atom. The first kappa shape index (κ1) is 15.3. The first-order valence-corrected chi connectivity index (χ1v) is 6.49. The highest BCUT2D eigenvalue weighted by Gasteiger charge is 2.15. The molecule has 1 aromatic carbocycles. The molecule has 0 aliphatic rings. The second kappa shape index (κ2) is 8.38. The Morgan fingerprint density at radius 3 is 3.05 bits per heavy atom. The lowest BCUT2D eigenvalue weighted by Crippen LogP contribution is -2.22. The van der Waals surface area contributed by atoms with Crippen LogP contribution in [0, 0.1) is 11.3 Å². The summed E-state index contributed by atoms with van der Waals surface area (Å²) in [7, 11) is 1.57. The van der Waals surface area contributed by atoms with Crippen LogP contribution in [0.4, 0.5) is 0 Å². The maximum absolute atomic E-state index is 9.23. The average Bonchev–Trinajstić information content (AvgIpc) is 2.43. The van der Waals surface area contributed by atoms with Crippen molar-refractivity contribution < 1.29 is 4.74 Å². The SMILES string of the molecule is COc1ccc(Br)cc1C(C#N)NCCCN=[N+]=[N-]. The van der Waals surface area contributed by atoms with E-state index in [9.17, 15) is 5.26 Å². The molecule has 6 nitrogen and oxygen atoms in total. The molecule has 1 rings (SSSR count). The highest BCUT2D eigenvalue weighted by atomic mass is 79.9. The second-order valence-electron chi connectivity index (χ2n) is 3.71. The van der Waals surface area contributed by atoms with Gasteiger partial charge in [-0.1, -0.05) is 21.0 Å². The first-order chi connectivity index (χ1) is 9.22. The van der Waals surface area contributed by atoms with Gasteiger partial charge in [-0.25, -0.2) is 0 Å². The number of rotatable bonds is 7. The van der Waals surface area contributed by atoms with Crippen LogP contribution in [-0.4, -0.2) is 20.2 Å². The van der Waals surface area contributed by atoms with Crippen molar-refractivity contribution in [3.05, 3.63) is 38.7 Å². The molecule has 1 unspecified atom stereocenters. The van der Waals surface area contributed by atoms with Gasteiger partial charge in [0.1, 0.15) is 11.8 Å². The van der Waals surface area contributed by atoms with Crippen LogP contribution in [0.2, 0.25) is 0 Å². The normalized spacial score (nSPS) is 11.2. The summed E-state index contributed by atoms with van der Waals surface area (Å²) in [6.07, 6.45) is 0.679. The Bertz CT molecular complexity index is 507. The van der Waals surface area contributed by atoms with Gasteiger partial charge in [-0.05, 0) is 36.7 Å². The van der Waals surface area contributed by atoms with Crippen LogP contribution in [0.1, 0.15) is 18.0 Å². The Hall–Kier alpha value is -1.74. The Labute approximate surface area is 120 Å². The topological polar surface area (TPSA) is 93.8 Å². The van der Waals surface area contributed by atoms with Gasteiger partial charge in [0, 0.05) is 21.5 Å². The number of hydrogen-bond donors (Lipinski definition) is 1. The number of azide groups is 1. The molecule has 0 bridgehead atoms. The number of nitrogens with zero attached hydrogens (tertiary/aromatic N) is 4. The lowest BCUT2D eigenvalue weighted by molar-refractivity contribution is 0.405. The number of benzene rings is 1. The van der Waals surface area contributed by atoms with Crippen molar-refractivity contribution in [3.8, 4) is 11.8 Å². The Morgan fingerprint density at radius 1 is 1.63 bits per heavy atom. The Balaban J connectivity index is 2.71. The molecule has 0 aliphatic heterocycles. The molecule has 7 heteroatoms. The van der Waals surface area contributed by atoms with Gasteiger partial charge in [0.25, 0.3) is 0 Å². The third kappa shape index (κ3) is 4.79. The van der Waals surface area contributed by atoms with Crippen molar-refractivity contribution in [1.29, 1.82) is 5.26 Å². The summed E-state index contributed by atoms with van der Waals surface area (Å²) in [5.41, 5.74) is 8.94. The number of ether oxygens (including phenoxy) is 1. The second-order valence-corrected chi connectivity index (χ2v) is 4.63. The lowest BCUT2D eigenvalue weighted by Gasteiger charge is -2.15. The standard InChI is InChI=1S/C12H14BrN5O/c1-19-12-4-3-9(13)7-10(12)11(8-14)16-5-2-6-17-18-15/h3-4,7,11,16H,2,5-6H2,1H3. The largest absolute Gasteiger partial charge is 0.496 e. The van der Waals surface area contributed by atoms with Gasteiger partial charge in [0.2, 0.25) is 0 Å². The van der Waals surface area contributed by atoms with Crippen molar-refractivity contribution in [2.75, 3.05) is 20.2 Å². The molecule has 0 saturated carbocycles. The van der Waals surface area contributed by atoms with Gasteiger partial charge in [0.15, 0.2) is 0 Å². The fraction of sp³-hybridized carbons (Fsp3) is 0.417. The number of nitrogens with one attached hydrogen (secondary N) is 1. The van der Waals surface area contributed by atoms with E-state index in [0.29, 0.717) is 25.3 Å². The molecule has 0 radical (unpaired) electrons. The van der Waals surface area contributed by atoms with Gasteiger partial charge < -0.3 is 4.74 Å². The van der Waals surface area contributed by atoms with Crippen LogP contribution < -0.4 is 10.1 Å². The summed E-state index contributed by atoms with van der Waals surface area (Å²) in [5.74, 6) is 0.664. The molecule has 1 N–H and O–H groups in total. The van der Waals surface area contributed by atoms with Crippen molar-refractivity contribution in [2.24, 2.45) is 5.11 Å². The predicted molar refractivity (Wildman–Crippen MR) is 75.7 cm³/mol. The predicted octanol–water partition coefficient (Wildman–Crippen LogP) is 3.31. The molecule has 1 aromatic rings. The summed E-state index contributed by atoms with van der Waals surface area (Å²) < 4.78 is 6.14. The van der Waals surface area contributed by atoms with Crippen molar-refractivity contribution in [1.82, 2.24) is 5.32 Å². The zero-order valence-electron chi connectivity index (χ0n) is 10.5. The molecule has 0 spiro atoms. The molecular formula is C12H14BrN5O. The van der Waals surface area contributed by atoms with E-state index < -0.39 is 6.04 Å². The zero-order valence-corrected chi connectivity index (χ0v) is 12.1. The smallest absolute Gasteiger partial charge is 0.124 e. The third-order valence-electron chi connectivity index (χ3n) is 2.48. The van der Waals surface area contributed by atoms with Crippen LogP contribution in [0.5, 0.6) is 5.75 Å². The Kier molecular flexibility index (Phi) is 6.75. The fourth-order valence-electron chi connectivity index (χ4n) is 1.60. The van der Waals surface area contributed by atoms with Crippen molar-refractivity contribution in [3.63, 3.8) is 0 Å². The zero-order chi connectivity index (χ0) is 14.1. The number of hydrogen-bond acceptors (Lipinski definition) is 4. The van der Waals surface area contributed by atoms with Crippen LogP contribution in [0.3, 0.4) is 0 Å². The van der Waals surface area contributed by atoms with Crippen LogP contribution in [-0.2, 0) is 0 Å². The van der Waals surface area contributed by atoms with Gasteiger partial charge in [-0.3, -0.25) is 5.32 Å². The molecule has 0 heterocycles. The first-order valence-electron chi connectivity index (χ1n) is 5.70. The van der Waals surface area contributed by atoms with E-state index in [1.54, 1.807) is 7.11 Å². The van der Waals surface area contributed by atoms with E-state index in [1.165, 1.54) is 0 Å². The minimum absolute atomic E-state index is 0.414. The monoisotopic (exact) mass is 323 g/mol. The minimum Gasteiger partial charge on any atom is -0.496 e. The van der Waals surface area contributed by atoms with Gasteiger partial charge in [0.05, 0.1) is 13.2 Å². The van der Waals surface area contributed by atoms with E-state index in [4.69, 9.17) is 10.3 Å². The molecule has 0 aromatic heterocycles. The average molecular weight is 324 g/mol. The highest BCUT2D eigenvalue weighted by molar-refractivity contribution is 9.10. The number of halogens is 1. The number of methoxy groups -OCH3 is 1. The molecule has 0 aliphatic carbocycles. The van der Waals surface area contributed by atoms with Gasteiger partial charge in [-0.15, -0.1) is 0 Å². The van der Waals surface area contributed by atoms with Gasteiger partial charge >= 0.3 is 0 Å². The van der Waals surface area contributed by atoms with E-state index in [1.807, 2.05) is 18.2 Å². The quantitative estimate of drug-likeness (QED) is 0.361. The summed E-state index contributed by atoms with van der Waals surface area (Å²) in [6, 6.07) is 7.26. The maximum Gasteiger partial charge on any atom is 0.124 e. The minimum atomic E-state index is -0.460. The maximum atomic E-state index is 9.23. The molecule has 100 valence electrons. The molecule has 0 fully saturated rings. The summed E-state index contributed by atoms with van der Waals surface area (Å²) >= 11 is 3.38. The summed E-state index contributed by atoms with van der Waals surface area (Å²) in [6.45, 7) is 1.00. The molecule has 0 amide bonds. The van der Waals surface area contributed by atoms with Crippen LogP contribution >= 0.6 is 15.9 Å². The van der Waals surface area contributed by atoms with E-state index in [0.717, 1.165) is 10.0 Å². The van der Waals surface area contributed by atoms with Crippen molar-refractivity contribution in [2.45, 2.75) is 12.5 Å². The van der Waals surface area contributed by atoms with Crippen molar-refractivity contribution >= 4 is 15.9 Å². The molecule has 19 heavy (non-hydrogen) atoms. The lowest BCUT2D eigenvalue weighted by atomic mass is 10.1. The van der Waals surface area contributed by atoms with Crippen LogP contribution in [0.25, 0.3) is 10.4 Å². The van der Waals surface area contributed by atoms with E-state index >= 15 is 0 Å². The number of nitriles is 1. The van der Waals surface area contributed by atoms with Gasteiger partial charge in [-0.2, -0.15) is 5.26 Å². The van der Waals surface area contributed by atoms with Crippen LogP contribution in [0.15, 0.2) is 27.8 Å². The van der Waals surface area contributed by atoms with E-state index in [-0.39, 0.29) is 0 Å². The molecular weight excluding hydrogens is 310 g/mol. The molecule has 1 atom stereocenters. The third-order valence-corrected chi connectivity index (χ3v) is 2.97.